The quantitative estimate of drug-likeness (QED) is 0.173. The lowest BCUT2D eigenvalue weighted by Crippen LogP contribution is -2.48. The van der Waals surface area contributed by atoms with E-state index in [0.717, 1.165) is 29.0 Å². The van der Waals surface area contributed by atoms with Crippen LogP contribution in [0.5, 0.6) is 11.5 Å². The van der Waals surface area contributed by atoms with Gasteiger partial charge in [0.1, 0.15) is 11.5 Å². The molecule has 4 aliphatic rings. The smallest absolute Gasteiger partial charge is 0.192 e. The number of hydrogen-bond donors (Lipinski definition) is 0. The molecule has 7 nitrogen and oxygen atoms in total. The lowest BCUT2D eigenvalue weighted by atomic mass is 9.62. The maximum absolute atomic E-state index is 15.3. The monoisotopic (exact) mass is 688 g/mol. The van der Waals surface area contributed by atoms with E-state index in [-0.39, 0.29) is 52.5 Å². The van der Waals surface area contributed by atoms with Crippen molar-refractivity contribution in [2.75, 3.05) is 20.8 Å². The molecule has 0 aliphatic heterocycles. The normalized spacial score (nSPS) is 32.0. The predicted molar refractivity (Wildman–Crippen MR) is 193 cm³/mol. The van der Waals surface area contributed by atoms with E-state index >= 15 is 4.79 Å². The van der Waals surface area contributed by atoms with Crippen LogP contribution in [-0.4, -0.2) is 52.4 Å². The Bertz CT molecular complexity index is 1590. The molecule has 8 heteroatoms. The van der Waals surface area contributed by atoms with Crippen molar-refractivity contribution in [1.29, 1.82) is 0 Å². The summed E-state index contributed by atoms with van der Waals surface area (Å²) in [5.74, 6) is 0.580. The summed E-state index contributed by atoms with van der Waals surface area (Å²) in [5.41, 5.74) is 1.13. The first-order chi connectivity index (χ1) is 23.0. The van der Waals surface area contributed by atoms with Gasteiger partial charge >= 0.3 is 0 Å². The predicted octanol–water partition coefficient (Wildman–Crippen LogP) is 8.35. The minimum atomic E-state index is -2.26. The number of Topliss-reactive ketones (excluding diaryl/α,β-unsaturated/α-hetero) is 2. The van der Waals surface area contributed by atoms with Gasteiger partial charge in [-0.3, -0.25) is 9.59 Å². The average Bonchev–Trinajstić information content (AvgIpc) is 3.33. The van der Waals surface area contributed by atoms with Gasteiger partial charge in [-0.25, -0.2) is 0 Å². The Kier molecular flexibility index (Phi) is 9.38. The second-order valence-electron chi connectivity index (χ2n) is 17.2. The Morgan fingerprint density at radius 2 is 1.41 bits per heavy atom. The van der Waals surface area contributed by atoms with Crippen LogP contribution in [0.25, 0.3) is 0 Å². The van der Waals surface area contributed by atoms with Crippen LogP contribution in [-0.2, 0) is 36.7 Å². The van der Waals surface area contributed by atoms with E-state index in [1.807, 2.05) is 48.5 Å². The number of benzene rings is 2. The van der Waals surface area contributed by atoms with E-state index in [9.17, 15) is 4.79 Å². The summed E-state index contributed by atoms with van der Waals surface area (Å²) >= 11 is 0. The van der Waals surface area contributed by atoms with Gasteiger partial charge < -0.3 is 23.4 Å². The van der Waals surface area contributed by atoms with Crippen LogP contribution in [0.3, 0.4) is 0 Å². The largest absolute Gasteiger partial charge is 0.497 e. The van der Waals surface area contributed by atoms with Gasteiger partial charge in [0.15, 0.2) is 19.9 Å². The fourth-order valence-electron chi connectivity index (χ4n) is 9.25. The molecular weight excluding hydrogens is 633 g/mol. The standard InChI is InChI=1S/C41H56O7Si/c1-26-21-41(48-49(9,10)38(2,3)4)36(39(41,5)6)34-35(42)29(25-46-23-27-11-15-31(44-7)16-12-27)19-30-20-33(22-40(26,30)37(34)43)47-24-28-13-17-32(45-8)18-14-28/h11-19,26,30,33-34,36H,20-25H2,1-10H3/t26-,30-,33+,34+,36-,40-,41+/m1/s1. The Hall–Kier alpha value is -2.78. The molecule has 2 bridgehead atoms. The third-order valence-corrected chi connectivity index (χ3v) is 17.7. The highest BCUT2D eigenvalue weighted by Gasteiger charge is 2.81. The average molecular weight is 689 g/mol. The Morgan fingerprint density at radius 3 is 1.96 bits per heavy atom. The lowest BCUT2D eigenvalue weighted by Gasteiger charge is -2.44. The van der Waals surface area contributed by atoms with E-state index in [0.29, 0.717) is 31.6 Å². The summed E-state index contributed by atoms with van der Waals surface area (Å²) in [5, 5.41) is -0.00454. The van der Waals surface area contributed by atoms with E-state index < -0.39 is 25.3 Å². The molecule has 266 valence electrons. The summed E-state index contributed by atoms with van der Waals surface area (Å²) in [6.07, 6.45) is 4.07. The fourth-order valence-corrected chi connectivity index (χ4v) is 10.9. The molecule has 2 aromatic rings. The van der Waals surface area contributed by atoms with Gasteiger partial charge in [-0.2, -0.15) is 0 Å². The fraction of sp³-hybridized carbons (Fsp3) is 0.610. The van der Waals surface area contributed by atoms with E-state index in [1.54, 1.807) is 14.2 Å². The molecule has 0 N–H and O–H groups in total. The van der Waals surface area contributed by atoms with Gasteiger partial charge in [-0.05, 0) is 90.0 Å². The van der Waals surface area contributed by atoms with Crippen molar-refractivity contribution in [3.63, 3.8) is 0 Å². The van der Waals surface area contributed by atoms with Crippen molar-refractivity contribution >= 4 is 19.9 Å². The Balaban J connectivity index is 1.34. The third kappa shape index (κ3) is 6.04. The first kappa shape index (κ1) is 36.0. The molecule has 3 saturated carbocycles. The van der Waals surface area contributed by atoms with Crippen LogP contribution in [0.1, 0.15) is 71.9 Å². The van der Waals surface area contributed by atoms with Gasteiger partial charge in [-0.15, -0.1) is 0 Å². The molecule has 6 rings (SSSR count). The summed E-state index contributed by atoms with van der Waals surface area (Å²) in [6.45, 7) is 19.0. The van der Waals surface area contributed by atoms with Crippen LogP contribution < -0.4 is 9.47 Å². The molecule has 0 amide bonds. The molecule has 0 saturated heterocycles. The maximum Gasteiger partial charge on any atom is 0.192 e. The topological polar surface area (TPSA) is 80.3 Å². The van der Waals surface area contributed by atoms with Gasteiger partial charge in [0.25, 0.3) is 0 Å². The van der Waals surface area contributed by atoms with Crippen LogP contribution in [0.4, 0.5) is 0 Å². The summed E-state index contributed by atoms with van der Waals surface area (Å²) < 4.78 is 30.9. The van der Waals surface area contributed by atoms with Gasteiger partial charge in [-0.1, -0.05) is 71.9 Å². The molecule has 0 unspecified atom stereocenters. The molecule has 4 aliphatic carbocycles. The minimum absolute atomic E-state index is 0.00454. The number of ether oxygens (including phenoxy) is 4. The van der Waals surface area contributed by atoms with Crippen molar-refractivity contribution in [2.45, 2.75) is 104 Å². The SMILES string of the molecule is COc1ccc(COCC2=C[C@@H]3C[C@H](OCc4ccc(OC)cc4)C[C@]34C(=O)[C@@H](C2=O)[C@@H]2C(C)(C)[C@]2(O[Si](C)(C)C(C)(C)C)C[C@H]4C)cc1. The van der Waals surface area contributed by atoms with E-state index in [1.165, 1.54) is 0 Å². The van der Waals surface area contributed by atoms with Gasteiger partial charge in [0, 0.05) is 16.9 Å². The van der Waals surface area contributed by atoms with Crippen molar-refractivity contribution in [3.05, 3.63) is 71.3 Å². The zero-order valence-electron chi connectivity index (χ0n) is 31.2. The van der Waals surface area contributed by atoms with Crippen LogP contribution >= 0.6 is 0 Å². The zero-order valence-corrected chi connectivity index (χ0v) is 32.2. The maximum atomic E-state index is 15.3. The van der Waals surface area contributed by atoms with E-state index in [4.69, 9.17) is 23.4 Å². The molecule has 0 aromatic heterocycles. The van der Waals surface area contributed by atoms with Crippen LogP contribution in [0.2, 0.25) is 18.1 Å². The first-order valence-corrected chi connectivity index (χ1v) is 20.9. The van der Waals surface area contributed by atoms with Crippen molar-refractivity contribution < 1.29 is 33.0 Å². The number of carbonyl (C=O) groups excluding carboxylic acids is 2. The number of ketones is 2. The third-order valence-electron chi connectivity index (χ3n) is 13.2. The Labute approximate surface area is 294 Å². The van der Waals surface area contributed by atoms with Crippen molar-refractivity contribution in [1.82, 2.24) is 0 Å². The van der Waals surface area contributed by atoms with Gasteiger partial charge in [0.05, 0.1) is 51.7 Å². The number of carbonyl (C=O) groups is 2. The van der Waals surface area contributed by atoms with Crippen LogP contribution in [0, 0.1) is 34.5 Å². The highest BCUT2D eigenvalue weighted by molar-refractivity contribution is 6.74. The summed E-state index contributed by atoms with van der Waals surface area (Å²) in [7, 11) is 1.05. The van der Waals surface area contributed by atoms with E-state index in [2.05, 4.69) is 60.7 Å². The number of hydrogen-bond acceptors (Lipinski definition) is 7. The highest BCUT2D eigenvalue weighted by Crippen LogP contribution is 2.76. The number of methoxy groups -OCH3 is 2. The second kappa shape index (κ2) is 12.8. The van der Waals surface area contributed by atoms with Gasteiger partial charge in [0.2, 0.25) is 0 Å². The number of rotatable bonds is 11. The second-order valence-corrected chi connectivity index (χ2v) is 21.9. The lowest BCUT2D eigenvalue weighted by molar-refractivity contribution is -0.142. The Morgan fingerprint density at radius 1 is 0.837 bits per heavy atom. The molecule has 1 spiro atoms. The molecular formula is C41H56O7Si. The zero-order chi connectivity index (χ0) is 35.6. The highest BCUT2D eigenvalue weighted by atomic mass is 28.4. The van der Waals surface area contributed by atoms with Crippen molar-refractivity contribution in [3.8, 4) is 11.5 Å². The molecule has 3 fully saturated rings. The molecule has 7 atom stereocenters. The minimum Gasteiger partial charge on any atom is -0.497 e. The molecule has 0 heterocycles. The molecule has 2 aromatic carbocycles. The van der Waals surface area contributed by atoms with Crippen LogP contribution in [0.15, 0.2) is 60.2 Å². The molecule has 0 radical (unpaired) electrons. The number of allylic oxidation sites excluding steroid dienone is 1. The summed E-state index contributed by atoms with van der Waals surface area (Å²) in [6, 6.07) is 15.7. The summed E-state index contributed by atoms with van der Waals surface area (Å²) in [4.78, 5) is 30.1. The molecule has 49 heavy (non-hydrogen) atoms. The number of fused-ring (bicyclic) bond motifs is 3. The first-order valence-electron chi connectivity index (χ1n) is 18.0. The van der Waals surface area contributed by atoms with Crippen molar-refractivity contribution in [2.24, 2.45) is 34.5 Å².